The predicted octanol–water partition coefficient (Wildman–Crippen LogP) is 3.78. The summed E-state index contributed by atoms with van der Waals surface area (Å²) >= 11 is 6.39. The number of imidazole rings is 1. The van der Waals surface area contributed by atoms with Gasteiger partial charge in [-0.15, -0.1) is 0 Å². The lowest BCUT2D eigenvalue weighted by molar-refractivity contribution is 0.0594. The standard InChI is InChI=1S/C19H15ClN4O2/c1-11-21-18-16(8-7-15(23-18)19(25)26-2)24(11)10-13-9-12-5-3-4-6-14(12)22-17(13)20/h3-9H,10H2,1-2H3. The molecule has 0 atom stereocenters. The molecule has 4 aromatic rings. The molecule has 130 valence electrons. The molecule has 0 bridgehead atoms. The van der Waals surface area contributed by atoms with Crippen LogP contribution in [0.15, 0.2) is 42.5 Å². The second-order valence-electron chi connectivity index (χ2n) is 5.91. The van der Waals surface area contributed by atoms with Crippen molar-refractivity contribution >= 4 is 39.6 Å². The Kier molecular flexibility index (Phi) is 4.05. The van der Waals surface area contributed by atoms with Crippen LogP contribution >= 0.6 is 11.6 Å². The number of fused-ring (bicyclic) bond motifs is 2. The summed E-state index contributed by atoms with van der Waals surface area (Å²) in [5.74, 6) is 0.291. The fourth-order valence-corrected chi connectivity index (χ4v) is 3.16. The highest BCUT2D eigenvalue weighted by molar-refractivity contribution is 6.30. The highest BCUT2D eigenvalue weighted by Gasteiger charge is 2.15. The summed E-state index contributed by atoms with van der Waals surface area (Å²) < 4.78 is 6.71. The van der Waals surface area contributed by atoms with E-state index in [1.54, 1.807) is 6.07 Å². The highest BCUT2D eigenvalue weighted by Crippen LogP contribution is 2.24. The zero-order chi connectivity index (χ0) is 18.3. The van der Waals surface area contributed by atoms with Crippen LogP contribution in [-0.2, 0) is 11.3 Å². The highest BCUT2D eigenvalue weighted by atomic mass is 35.5. The van der Waals surface area contributed by atoms with Crippen molar-refractivity contribution in [2.75, 3.05) is 7.11 Å². The summed E-state index contributed by atoms with van der Waals surface area (Å²) in [4.78, 5) is 24.9. The lowest BCUT2D eigenvalue weighted by Gasteiger charge is -2.10. The Morgan fingerprint density at radius 2 is 1.96 bits per heavy atom. The molecule has 0 fully saturated rings. The molecule has 3 heterocycles. The first-order valence-corrected chi connectivity index (χ1v) is 8.41. The molecule has 4 rings (SSSR count). The van der Waals surface area contributed by atoms with E-state index in [2.05, 4.69) is 15.0 Å². The van der Waals surface area contributed by atoms with Crippen LogP contribution in [0.1, 0.15) is 21.9 Å². The van der Waals surface area contributed by atoms with Gasteiger partial charge in [0.05, 0.1) is 24.7 Å². The normalized spacial score (nSPS) is 11.2. The number of carbonyl (C=O) groups is 1. The van der Waals surface area contributed by atoms with E-state index in [1.807, 2.05) is 47.9 Å². The zero-order valence-corrected chi connectivity index (χ0v) is 15.0. The van der Waals surface area contributed by atoms with Gasteiger partial charge in [0.25, 0.3) is 0 Å². The molecule has 0 aliphatic heterocycles. The van der Waals surface area contributed by atoms with E-state index in [9.17, 15) is 4.79 Å². The number of ether oxygens (including phenoxy) is 1. The molecule has 1 aromatic carbocycles. The maximum atomic E-state index is 11.7. The number of carbonyl (C=O) groups excluding carboxylic acids is 1. The average molecular weight is 367 g/mol. The van der Waals surface area contributed by atoms with Gasteiger partial charge in [0, 0.05) is 10.9 Å². The number of pyridine rings is 2. The maximum absolute atomic E-state index is 11.7. The Bertz CT molecular complexity index is 1150. The number of aryl methyl sites for hydroxylation is 1. The van der Waals surface area contributed by atoms with E-state index in [0.717, 1.165) is 27.8 Å². The summed E-state index contributed by atoms with van der Waals surface area (Å²) in [5, 5.41) is 1.49. The molecule has 0 aliphatic carbocycles. The second kappa shape index (κ2) is 6.38. The van der Waals surface area contributed by atoms with Crippen molar-refractivity contribution in [3.63, 3.8) is 0 Å². The molecule has 0 saturated heterocycles. The molecular formula is C19H15ClN4O2. The smallest absolute Gasteiger partial charge is 0.356 e. The number of hydrogen-bond acceptors (Lipinski definition) is 5. The van der Waals surface area contributed by atoms with Crippen molar-refractivity contribution in [1.82, 2.24) is 19.5 Å². The molecule has 26 heavy (non-hydrogen) atoms. The third-order valence-electron chi connectivity index (χ3n) is 4.28. The third-order valence-corrected chi connectivity index (χ3v) is 4.60. The van der Waals surface area contributed by atoms with Crippen LogP contribution in [0.5, 0.6) is 0 Å². The minimum atomic E-state index is -0.485. The van der Waals surface area contributed by atoms with E-state index in [1.165, 1.54) is 7.11 Å². The largest absolute Gasteiger partial charge is 0.464 e. The van der Waals surface area contributed by atoms with Crippen LogP contribution in [0.3, 0.4) is 0 Å². The first-order valence-electron chi connectivity index (χ1n) is 8.03. The van der Waals surface area contributed by atoms with Gasteiger partial charge in [-0.1, -0.05) is 29.8 Å². The van der Waals surface area contributed by atoms with Crippen LogP contribution in [-0.4, -0.2) is 32.6 Å². The molecule has 3 aromatic heterocycles. The van der Waals surface area contributed by atoms with Gasteiger partial charge in [-0.3, -0.25) is 0 Å². The van der Waals surface area contributed by atoms with E-state index < -0.39 is 5.97 Å². The van der Waals surface area contributed by atoms with Crippen LogP contribution in [0, 0.1) is 6.92 Å². The third kappa shape index (κ3) is 2.78. The SMILES string of the molecule is COC(=O)c1ccc2c(n1)nc(C)n2Cc1cc2ccccc2nc1Cl. The van der Waals surface area contributed by atoms with Gasteiger partial charge in [0.15, 0.2) is 11.3 Å². The fourth-order valence-electron chi connectivity index (χ4n) is 2.96. The number of halogens is 1. The van der Waals surface area contributed by atoms with E-state index in [4.69, 9.17) is 16.3 Å². The maximum Gasteiger partial charge on any atom is 0.356 e. The molecule has 0 N–H and O–H groups in total. The molecule has 0 unspecified atom stereocenters. The van der Waals surface area contributed by atoms with Gasteiger partial charge in [-0.2, -0.15) is 0 Å². The number of esters is 1. The zero-order valence-electron chi connectivity index (χ0n) is 14.2. The fraction of sp³-hybridized carbons (Fsp3) is 0.158. The number of para-hydroxylation sites is 1. The second-order valence-corrected chi connectivity index (χ2v) is 6.26. The Hall–Kier alpha value is -2.99. The number of aromatic nitrogens is 4. The van der Waals surface area contributed by atoms with Gasteiger partial charge >= 0.3 is 5.97 Å². The topological polar surface area (TPSA) is 69.9 Å². The van der Waals surface area contributed by atoms with Crippen molar-refractivity contribution in [3.05, 3.63) is 64.7 Å². The quantitative estimate of drug-likeness (QED) is 0.407. The average Bonchev–Trinajstić information content (AvgIpc) is 2.96. The summed E-state index contributed by atoms with van der Waals surface area (Å²) in [7, 11) is 1.33. The molecule has 7 heteroatoms. The van der Waals surface area contributed by atoms with Crippen molar-refractivity contribution in [2.45, 2.75) is 13.5 Å². The van der Waals surface area contributed by atoms with E-state index in [0.29, 0.717) is 17.3 Å². The minimum absolute atomic E-state index is 0.232. The number of benzene rings is 1. The first kappa shape index (κ1) is 16.5. The van der Waals surface area contributed by atoms with E-state index >= 15 is 0 Å². The number of nitrogens with zero attached hydrogens (tertiary/aromatic N) is 4. The molecule has 0 amide bonds. The molecule has 0 spiro atoms. The Morgan fingerprint density at radius 3 is 2.77 bits per heavy atom. The van der Waals surface area contributed by atoms with Crippen molar-refractivity contribution in [3.8, 4) is 0 Å². The monoisotopic (exact) mass is 366 g/mol. The number of rotatable bonds is 3. The van der Waals surface area contributed by atoms with Gasteiger partial charge in [0.1, 0.15) is 11.0 Å². The Morgan fingerprint density at radius 1 is 1.15 bits per heavy atom. The number of hydrogen-bond donors (Lipinski definition) is 0. The van der Waals surface area contributed by atoms with Gasteiger partial charge in [-0.05, 0) is 31.2 Å². The minimum Gasteiger partial charge on any atom is -0.464 e. The lowest BCUT2D eigenvalue weighted by Crippen LogP contribution is -2.05. The molecule has 6 nitrogen and oxygen atoms in total. The van der Waals surface area contributed by atoms with Crippen molar-refractivity contribution < 1.29 is 9.53 Å². The van der Waals surface area contributed by atoms with Crippen LogP contribution in [0.25, 0.3) is 22.1 Å². The molecular weight excluding hydrogens is 352 g/mol. The number of methoxy groups -OCH3 is 1. The summed E-state index contributed by atoms with van der Waals surface area (Å²) in [5.41, 5.74) is 3.30. The van der Waals surface area contributed by atoms with Crippen molar-refractivity contribution in [1.29, 1.82) is 0 Å². The summed E-state index contributed by atoms with van der Waals surface area (Å²) in [6.45, 7) is 2.40. The van der Waals surface area contributed by atoms with Crippen LogP contribution in [0.2, 0.25) is 5.15 Å². The summed E-state index contributed by atoms with van der Waals surface area (Å²) in [6, 6.07) is 13.3. The Balaban J connectivity index is 1.79. The van der Waals surface area contributed by atoms with E-state index in [-0.39, 0.29) is 5.69 Å². The first-order chi connectivity index (χ1) is 12.6. The Labute approximate surface area is 154 Å². The predicted molar refractivity (Wildman–Crippen MR) is 99.5 cm³/mol. The molecule has 0 saturated carbocycles. The van der Waals surface area contributed by atoms with Crippen molar-refractivity contribution in [2.24, 2.45) is 0 Å². The van der Waals surface area contributed by atoms with Crippen LogP contribution in [0.4, 0.5) is 0 Å². The lowest BCUT2D eigenvalue weighted by atomic mass is 10.1. The van der Waals surface area contributed by atoms with Crippen LogP contribution < -0.4 is 0 Å². The molecule has 0 aliphatic rings. The van der Waals surface area contributed by atoms with Gasteiger partial charge in [0.2, 0.25) is 0 Å². The molecule has 0 radical (unpaired) electrons. The van der Waals surface area contributed by atoms with Gasteiger partial charge < -0.3 is 9.30 Å². The van der Waals surface area contributed by atoms with Gasteiger partial charge in [-0.25, -0.2) is 19.7 Å². The summed E-state index contributed by atoms with van der Waals surface area (Å²) in [6.07, 6.45) is 0.